The van der Waals surface area contributed by atoms with E-state index in [9.17, 15) is 37.2 Å². The Morgan fingerprint density at radius 3 is 1.83 bits per heavy atom. The highest BCUT2D eigenvalue weighted by Gasteiger charge is 2.27. The molecule has 71 heavy (non-hydrogen) atoms. The van der Waals surface area contributed by atoms with Crippen molar-refractivity contribution < 1.29 is 46.7 Å². The molecule has 24 nitrogen and oxygen atoms in total. The van der Waals surface area contributed by atoms with Crippen molar-refractivity contribution in [2.24, 2.45) is 5.73 Å². The molecule has 0 saturated heterocycles. The van der Waals surface area contributed by atoms with Crippen molar-refractivity contribution in [3.63, 3.8) is 0 Å². The Kier molecular flexibility index (Phi) is 15.1. The number of nitrogens with zero attached hydrogens (tertiary/aromatic N) is 10. The number of nitrogens with two attached hydrogens (primary N) is 1. The van der Waals surface area contributed by atoms with Crippen LogP contribution >= 0.6 is 0 Å². The molecule has 5 N–H and O–H groups in total. The standard InChI is InChI=1S/C46H54N14O10S/c1-8-59-33(21-27(3)53-59)43(65)51-45-49-31-23-29(42(47)64)24-36(70-20-12-16-55(6)37(61)15-19-56-38(62)13-14-39(56)63)41(31)58(45)18-11-10-17-57-40-32(25-30(26-35(40)69-7)71(67,68)48-5)50-46(57)52-44(66)34-22-28(4)54-60(34)9-2/h10-11,13-14,21-26,48H,8-9,12,15-20H2,1-7H3,(H2,47,64)(H,49,51,65)(H,50,52,66)/b11-10+. The zero-order valence-electron chi connectivity index (χ0n) is 40.2. The van der Waals surface area contributed by atoms with E-state index in [0.29, 0.717) is 41.9 Å². The molecule has 0 unspecified atom stereocenters. The van der Waals surface area contributed by atoms with Crippen LogP contribution in [0.15, 0.2) is 65.6 Å². The van der Waals surface area contributed by atoms with Gasteiger partial charge in [0.1, 0.15) is 33.9 Å². The average molecular weight is 995 g/mol. The Bertz CT molecular complexity index is 3250. The summed E-state index contributed by atoms with van der Waals surface area (Å²) in [7, 11) is 0.324. The highest BCUT2D eigenvalue weighted by Crippen LogP contribution is 2.34. The fourth-order valence-electron chi connectivity index (χ4n) is 7.95. The van der Waals surface area contributed by atoms with Crippen LogP contribution in [0, 0.1) is 13.8 Å². The number of methoxy groups -OCH3 is 1. The molecule has 6 aromatic rings. The molecule has 0 saturated carbocycles. The lowest BCUT2D eigenvalue weighted by Crippen LogP contribution is -2.36. The number of primary amides is 1. The third-order valence-corrected chi connectivity index (χ3v) is 12.9. The number of aromatic nitrogens is 8. The van der Waals surface area contributed by atoms with E-state index in [2.05, 4.69) is 30.5 Å². The van der Waals surface area contributed by atoms with E-state index in [1.807, 2.05) is 13.8 Å². The van der Waals surface area contributed by atoms with Crippen molar-refractivity contribution in [1.29, 1.82) is 0 Å². The number of hydrogen-bond acceptors (Lipinski definition) is 14. The molecule has 0 fully saturated rings. The molecule has 0 aliphatic carbocycles. The normalized spacial score (nSPS) is 12.7. The SMILES string of the molecule is CCn1nc(C)cc1C(=O)Nc1nc2cc(S(=O)(=O)NC)cc(OC)c2n1C/C=C/Cn1c(NC(=O)c2cc(C)nn2CC)nc2cc(C(N)=O)cc(OCCCN(C)C(=O)CCN3C(=O)C=CC3=O)c21. The third kappa shape index (κ3) is 10.8. The molecule has 0 spiro atoms. The first-order valence-electron chi connectivity index (χ1n) is 22.5. The van der Waals surface area contributed by atoms with E-state index in [0.717, 1.165) is 17.1 Å². The van der Waals surface area contributed by atoms with Crippen LogP contribution in [0.5, 0.6) is 11.5 Å². The molecule has 25 heteroatoms. The van der Waals surface area contributed by atoms with E-state index < -0.39 is 39.6 Å². The van der Waals surface area contributed by atoms with Crippen molar-refractivity contribution >= 4 is 79.4 Å². The minimum absolute atomic E-state index is 0.0459. The van der Waals surface area contributed by atoms with Crippen LogP contribution in [0.1, 0.15) is 69.4 Å². The second-order valence-corrected chi connectivity index (χ2v) is 18.2. The van der Waals surface area contributed by atoms with Gasteiger partial charge < -0.3 is 29.2 Å². The Hall–Kier alpha value is -8.19. The molecule has 1 aliphatic heterocycles. The van der Waals surface area contributed by atoms with Gasteiger partial charge in [-0.3, -0.25) is 53.7 Å². The van der Waals surface area contributed by atoms with Gasteiger partial charge in [-0.2, -0.15) is 10.2 Å². The summed E-state index contributed by atoms with van der Waals surface area (Å²) in [6.07, 6.45) is 6.11. The molecule has 7 rings (SSSR count). The van der Waals surface area contributed by atoms with Crippen LogP contribution in [0.2, 0.25) is 0 Å². The zero-order chi connectivity index (χ0) is 51.3. The van der Waals surface area contributed by atoms with Gasteiger partial charge in [-0.05, 0) is 71.5 Å². The highest BCUT2D eigenvalue weighted by atomic mass is 32.2. The Morgan fingerprint density at radius 2 is 1.32 bits per heavy atom. The van der Waals surface area contributed by atoms with Crippen molar-refractivity contribution in [3.05, 3.63) is 89.0 Å². The molecule has 0 atom stereocenters. The topological polar surface area (TPSA) is 295 Å². The summed E-state index contributed by atoms with van der Waals surface area (Å²) in [5.41, 5.74) is 8.90. The molecule has 0 bridgehead atoms. The minimum atomic E-state index is -3.94. The summed E-state index contributed by atoms with van der Waals surface area (Å²) in [6.45, 7) is 8.41. The molecular weight excluding hydrogens is 941 g/mol. The van der Waals surface area contributed by atoms with Gasteiger partial charge in [0.2, 0.25) is 33.7 Å². The van der Waals surface area contributed by atoms with E-state index in [1.54, 1.807) is 63.7 Å². The lowest BCUT2D eigenvalue weighted by molar-refractivity contribution is -0.138. The number of benzene rings is 2. The number of carbonyl (C=O) groups is 6. The van der Waals surface area contributed by atoms with Crippen molar-refractivity contribution in [1.82, 2.24) is 53.2 Å². The summed E-state index contributed by atoms with van der Waals surface area (Å²) in [5.74, 6) is -2.49. The number of anilines is 2. The number of allylic oxidation sites excluding steroid dienone is 2. The smallest absolute Gasteiger partial charge is 0.276 e. The zero-order valence-corrected chi connectivity index (χ0v) is 41.0. The minimum Gasteiger partial charge on any atom is -0.494 e. The van der Waals surface area contributed by atoms with Crippen molar-refractivity contribution in [3.8, 4) is 11.5 Å². The number of carbonyl (C=O) groups excluding carboxylic acids is 6. The number of imidazole rings is 2. The third-order valence-electron chi connectivity index (χ3n) is 11.5. The van der Waals surface area contributed by atoms with Gasteiger partial charge in [0.05, 0.1) is 41.0 Å². The summed E-state index contributed by atoms with van der Waals surface area (Å²) >= 11 is 0. The Labute approximate surface area is 407 Å². The van der Waals surface area contributed by atoms with Crippen LogP contribution in [0.3, 0.4) is 0 Å². The predicted molar refractivity (Wildman–Crippen MR) is 259 cm³/mol. The molecule has 6 amide bonds. The number of hydrogen-bond donors (Lipinski definition) is 4. The molecule has 5 heterocycles. The van der Waals surface area contributed by atoms with E-state index in [4.69, 9.17) is 20.2 Å². The number of aryl methyl sites for hydroxylation is 4. The van der Waals surface area contributed by atoms with E-state index >= 15 is 0 Å². The summed E-state index contributed by atoms with van der Waals surface area (Å²) in [5, 5.41) is 14.6. The molecule has 2 aromatic carbocycles. The maximum Gasteiger partial charge on any atom is 0.276 e. The number of ether oxygens (including phenoxy) is 2. The highest BCUT2D eigenvalue weighted by molar-refractivity contribution is 7.89. The van der Waals surface area contributed by atoms with Gasteiger partial charge in [-0.25, -0.2) is 23.1 Å². The fraction of sp³-hybridized carbons (Fsp3) is 0.348. The quantitative estimate of drug-likeness (QED) is 0.0432. The number of fused-ring (bicyclic) bond motifs is 2. The van der Waals surface area contributed by atoms with E-state index in [-0.39, 0.29) is 101 Å². The number of amides is 6. The molecular formula is C46H54N14O10S. The van der Waals surface area contributed by atoms with Gasteiger partial charge in [0.25, 0.3) is 23.6 Å². The van der Waals surface area contributed by atoms with Gasteiger partial charge in [-0.1, -0.05) is 12.2 Å². The first-order chi connectivity index (χ1) is 33.9. The maximum atomic E-state index is 13.9. The van der Waals surface area contributed by atoms with Crippen LogP contribution in [-0.2, 0) is 50.6 Å². The second kappa shape index (κ2) is 21.2. The number of sulfonamides is 1. The van der Waals surface area contributed by atoms with Gasteiger partial charge >= 0.3 is 0 Å². The predicted octanol–water partition coefficient (Wildman–Crippen LogP) is 2.75. The maximum absolute atomic E-state index is 13.9. The van der Waals surface area contributed by atoms with Crippen LogP contribution in [0.4, 0.5) is 11.9 Å². The number of imide groups is 1. The molecule has 4 aromatic heterocycles. The molecule has 374 valence electrons. The number of rotatable bonds is 22. The van der Waals surface area contributed by atoms with Gasteiger partial charge in [0, 0.05) is 76.5 Å². The van der Waals surface area contributed by atoms with Crippen LogP contribution in [0.25, 0.3) is 22.1 Å². The first-order valence-corrected chi connectivity index (χ1v) is 24.0. The fourth-order valence-corrected chi connectivity index (χ4v) is 8.72. The van der Waals surface area contributed by atoms with Gasteiger partial charge in [0.15, 0.2) is 0 Å². The summed E-state index contributed by atoms with van der Waals surface area (Å²) in [4.78, 5) is 88.9. The monoisotopic (exact) mass is 994 g/mol. The Balaban J connectivity index is 1.22. The number of nitrogens with one attached hydrogen (secondary N) is 3. The van der Waals surface area contributed by atoms with Crippen molar-refractivity contribution in [2.75, 3.05) is 51.5 Å². The van der Waals surface area contributed by atoms with E-state index in [1.165, 1.54) is 43.3 Å². The van der Waals surface area contributed by atoms with Crippen LogP contribution in [-0.4, -0.2) is 133 Å². The van der Waals surface area contributed by atoms with Crippen molar-refractivity contribution in [2.45, 2.75) is 71.6 Å². The largest absolute Gasteiger partial charge is 0.494 e. The lowest BCUT2D eigenvalue weighted by Gasteiger charge is -2.19. The second-order valence-electron chi connectivity index (χ2n) is 16.3. The molecule has 0 radical (unpaired) electrons. The molecule has 1 aliphatic rings. The lowest BCUT2D eigenvalue weighted by atomic mass is 10.1. The van der Waals surface area contributed by atoms with Gasteiger partial charge in [-0.15, -0.1) is 0 Å². The summed E-state index contributed by atoms with van der Waals surface area (Å²) in [6, 6.07) is 8.95. The first kappa shape index (κ1) is 50.7. The average Bonchev–Trinajstić information content (AvgIpc) is 4.17. The van der Waals surface area contributed by atoms with Crippen LogP contribution < -0.4 is 30.6 Å². The summed E-state index contributed by atoms with van der Waals surface area (Å²) < 4.78 is 46.6. The Morgan fingerprint density at radius 1 is 0.789 bits per heavy atom.